The Hall–Kier alpha value is -1.74. The second-order valence-corrected chi connectivity index (χ2v) is 4.57. The number of halogens is 1. The predicted molar refractivity (Wildman–Crippen MR) is 77.3 cm³/mol. The number of rotatable bonds is 4. The predicted octanol–water partition coefficient (Wildman–Crippen LogP) is 3.95. The Bertz CT molecular complexity index is 511. The Labute approximate surface area is 112 Å². The van der Waals surface area contributed by atoms with Gasteiger partial charge >= 0.3 is 0 Å². The number of benzene rings is 1. The fourth-order valence-electron chi connectivity index (χ4n) is 1.74. The Kier molecular flexibility index (Phi) is 4.05. The molecule has 94 valence electrons. The van der Waals surface area contributed by atoms with Gasteiger partial charge in [0.2, 0.25) is 0 Å². The van der Waals surface area contributed by atoms with Crippen molar-refractivity contribution in [3.63, 3.8) is 0 Å². The minimum atomic E-state index is 0.205. The van der Waals surface area contributed by atoms with Crippen LogP contribution in [-0.4, -0.2) is 12.0 Å². The van der Waals surface area contributed by atoms with Crippen LogP contribution < -0.4 is 10.6 Å². The van der Waals surface area contributed by atoms with E-state index in [1.807, 2.05) is 43.6 Å². The third-order valence-electron chi connectivity index (χ3n) is 2.78. The summed E-state index contributed by atoms with van der Waals surface area (Å²) in [5, 5.41) is 7.23. The summed E-state index contributed by atoms with van der Waals surface area (Å²) in [7, 11) is 1.88. The Morgan fingerprint density at radius 1 is 1.11 bits per heavy atom. The Morgan fingerprint density at radius 2 is 1.78 bits per heavy atom. The van der Waals surface area contributed by atoms with Gasteiger partial charge in [0.15, 0.2) is 0 Å². The Morgan fingerprint density at radius 3 is 2.44 bits per heavy atom. The van der Waals surface area contributed by atoms with Crippen LogP contribution >= 0.6 is 11.6 Å². The van der Waals surface area contributed by atoms with Gasteiger partial charge in [-0.2, -0.15) is 0 Å². The topological polar surface area (TPSA) is 37.0 Å². The maximum absolute atomic E-state index is 5.88. The molecule has 2 rings (SSSR count). The molecule has 0 radical (unpaired) electrons. The lowest BCUT2D eigenvalue weighted by Crippen LogP contribution is -2.07. The molecule has 0 saturated carbocycles. The van der Waals surface area contributed by atoms with Crippen LogP contribution in [0.2, 0.25) is 5.02 Å². The molecule has 0 aliphatic rings. The highest BCUT2D eigenvalue weighted by atomic mass is 35.5. The summed E-state index contributed by atoms with van der Waals surface area (Å²) >= 11 is 5.88. The molecule has 0 spiro atoms. The molecule has 0 aliphatic carbocycles. The highest BCUT2D eigenvalue weighted by Gasteiger charge is 2.05. The second-order valence-electron chi connectivity index (χ2n) is 4.13. The molecule has 0 aliphatic heterocycles. The van der Waals surface area contributed by atoms with Crippen LogP contribution in [0.1, 0.15) is 18.5 Å². The standard InChI is InChI=1S/C14H16ClN3/c1-10(11-3-5-12(15)6-4-11)18-14-7-13(16-2)8-17-9-14/h3-10,16,18H,1-2H3. The van der Waals surface area contributed by atoms with Gasteiger partial charge in [0, 0.05) is 18.1 Å². The lowest BCUT2D eigenvalue weighted by molar-refractivity contribution is 0.883. The summed E-state index contributed by atoms with van der Waals surface area (Å²) in [4.78, 5) is 4.17. The molecule has 0 fully saturated rings. The van der Waals surface area contributed by atoms with Crippen LogP contribution in [0.15, 0.2) is 42.7 Å². The summed E-state index contributed by atoms with van der Waals surface area (Å²) in [6, 6.07) is 10.1. The number of nitrogens with zero attached hydrogens (tertiary/aromatic N) is 1. The summed E-state index contributed by atoms with van der Waals surface area (Å²) in [5.41, 5.74) is 3.17. The van der Waals surface area contributed by atoms with Crippen molar-refractivity contribution in [1.82, 2.24) is 4.98 Å². The molecule has 0 amide bonds. The average molecular weight is 262 g/mol. The van der Waals surface area contributed by atoms with Crippen molar-refractivity contribution in [2.75, 3.05) is 17.7 Å². The molecular formula is C14H16ClN3. The minimum absolute atomic E-state index is 0.205. The minimum Gasteiger partial charge on any atom is -0.387 e. The van der Waals surface area contributed by atoms with Crippen molar-refractivity contribution >= 4 is 23.0 Å². The molecule has 0 saturated heterocycles. The number of aromatic nitrogens is 1. The van der Waals surface area contributed by atoms with E-state index in [1.165, 1.54) is 5.56 Å². The number of hydrogen-bond acceptors (Lipinski definition) is 3. The first-order valence-corrected chi connectivity index (χ1v) is 6.21. The number of nitrogens with one attached hydrogen (secondary N) is 2. The maximum Gasteiger partial charge on any atom is 0.0552 e. The van der Waals surface area contributed by atoms with Gasteiger partial charge in [0.1, 0.15) is 0 Å². The van der Waals surface area contributed by atoms with E-state index >= 15 is 0 Å². The van der Waals surface area contributed by atoms with Gasteiger partial charge in [-0.15, -0.1) is 0 Å². The van der Waals surface area contributed by atoms with Crippen molar-refractivity contribution in [1.29, 1.82) is 0 Å². The highest BCUT2D eigenvalue weighted by molar-refractivity contribution is 6.30. The van der Waals surface area contributed by atoms with E-state index in [-0.39, 0.29) is 6.04 Å². The van der Waals surface area contributed by atoms with E-state index in [4.69, 9.17) is 11.6 Å². The van der Waals surface area contributed by atoms with Gasteiger partial charge in [-0.25, -0.2) is 0 Å². The molecule has 1 atom stereocenters. The first kappa shape index (κ1) is 12.7. The fourth-order valence-corrected chi connectivity index (χ4v) is 1.87. The van der Waals surface area contributed by atoms with Gasteiger partial charge in [-0.3, -0.25) is 4.98 Å². The smallest absolute Gasteiger partial charge is 0.0552 e. The van der Waals surface area contributed by atoms with Crippen molar-refractivity contribution in [3.8, 4) is 0 Å². The molecule has 4 heteroatoms. The molecule has 1 aromatic carbocycles. The summed E-state index contributed by atoms with van der Waals surface area (Å²) < 4.78 is 0. The van der Waals surface area contributed by atoms with Crippen molar-refractivity contribution in [2.24, 2.45) is 0 Å². The van der Waals surface area contributed by atoms with Crippen molar-refractivity contribution < 1.29 is 0 Å². The zero-order valence-corrected chi connectivity index (χ0v) is 11.2. The van der Waals surface area contributed by atoms with E-state index < -0.39 is 0 Å². The van der Waals surface area contributed by atoms with Crippen LogP contribution in [0.3, 0.4) is 0 Å². The number of pyridine rings is 1. The summed E-state index contributed by atoms with van der Waals surface area (Å²) in [6.45, 7) is 2.11. The van der Waals surface area contributed by atoms with E-state index in [9.17, 15) is 0 Å². The average Bonchev–Trinajstić information content (AvgIpc) is 2.39. The summed E-state index contributed by atoms with van der Waals surface area (Å²) in [6.07, 6.45) is 3.60. The van der Waals surface area contributed by atoms with Crippen molar-refractivity contribution in [2.45, 2.75) is 13.0 Å². The molecule has 2 aromatic rings. The molecule has 1 unspecified atom stereocenters. The monoisotopic (exact) mass is 261 g/mol. The number of hydrogen-bond donors (Lipinski definition) is 2. The van der Waals surface area contributed by atoms with Crippen molar-refractivity contribution in [3.05, 3.63) is 53.3 Å². The van der Waals surface area contributed by atoms with Crippen LogP contribution in [0, 0.1) is 0 Å². The zero-order valence-electron chi connectivity index (χ0n) is 10.4. The molecule has 2 N–H and O–H groups in total. The fraction of sp³-hybridized carbons (Fsp3) is 0.214. The highest BCUT2D eigenvalue weighted by Crippen LogP contribution is 2.21. The van der Waals surface area contributed by atoms with E-state index in [2.05, 4.69) is 22.5 Å². The van der Waals surface area contributed by atoms with Crippen LogP contribution in [0.5, 0.6) is 0 Å². The molecule has 1 heterocycles. The van der Waals surface area contributed by atoms with Crippen LogP contribution in [0.4, 0.5) is 11.4 Å². The number of anilines is 2. The molecular weight excluding hydrogens is 246 g/mol. The van der Waals surface area contributed by atoms with E-state index in [0.29, 0.717) is 0 Å². The lowest BCUT2D eigenvalue weighted by Gasteiger charge is -2.16. The van der Waals surface area contributed by atoms with Gasteiger partial charge in [-0.1, -0.05) is 23.7 Å². The molecule has 1 aromatic heterocycles. The largest absolute Gasteiger partial charge is 0.387 e. The molecule has 18 heavy (non-hydrogen) atoms. The van der Waals surface area contributed by atoms with Crippen LogP contribution in [-0.2, 0) is 0 Å². The van der Waals surface area contributed by atoms with E-state index in [0.717, 1.165) is 16.4 Å². The zero-order chi connectivity index (χ0) is 13.0. The van der Waals surface area contributed by atoms with Gasteiger partial charge in [0.25, 0.3) is 0 Å². The normalized spacial score (nSPS) is 11.9. The SMILES string of the molecule is CNc1cncc(NC(C)c2ccc(Cl)cc2)c1. The lowest BCUT2D eigenvalue weighted by atomic mass is 10.1. The third kappa shape index (κ3) is 3.14. The van der Waals surface area contributed by atoms with Gasteiger partial charge in [-0.05, 0) is 30.7 Å². The first-order chi connectivity index (χ1) is 8.69. The third-order valence-corrected chi connectivity index (χ3v) is 3.03. The quantitative estimate of drug-likeness (QED) is 0.875. The summed E-state index contributed by atoms with van der Waals surface area (Å²) in [5.74, 6) is 0. The maximum atomic E-state index is 5.88. The first-order valence-electron chi connectivity index (χ1n) is 5.84. The second kappa shape index (κ2) is 5.74. The van der Waals surface area contributed by atoms with Gasteiger partial charge < -0.3 is 10.6 Å². The molecule has 0 bridgehead atoms. The molecule has 3 nitrogen and oxygen atoms in total. The van der Waals surface area contributed by atoms with Crippen LogP contribution in [0.25, 0.3) is 0 Å². The van der Waals surface area contributed by atoms with E-state index in [1.54, 1.807) is 6.20 Å². The van der Waals surface area contributed by atoms with Gasteiger partial charge in [0.05, 0.1) is 23.8 Å². The Balaban J connectivity index is 2.10.